The molecule has 1 saturated carbocycles. The van der Waals surface area contributed by atoms with E-state index in [1.807, 2.05) is 17.2 Å². The Morgan fingerprint density at radius 1 is 1.50 bits per heavy atom. The average molecular weight is 267 g/mol. The number of carbonyl (C=O) groups is 1. The van der Waals surface area contributed by atoms with Gasteiger partial charge in [-0.25, -0.2) is 4.98 Å². The Morgan fingerprint density at radius 3 is 2.78 bits per heavy atom. The maximum absolute atomic E-state index is 12.4. The molecule has 0 spiro atoms. The number of hydrogen-bond donors (Lipinski definition) is 1. The molecule has 0 aromatic carbocycles. The first-order valence-electron chi connectivity index (χ1n) is 6.71. The topological polar surface area (TPSA) is 59.2 Å². The molecule has 18 heavy (non-hydrogen) atoms. The second-order valence-electron chi connectivity index (χ2n) is 4.71. The molecule has 0 aliphatic heterocycles. The minimum atomic E-state index is 0.0698. The van der Waals surface area contributed by atoms with Crippen LogP contribution in [0.2, 0.25) is 0 Å². The van der Waals surface area contributed by atoms with Gasteiger partial charge in [-0.2, -0.15) is 0 Å². The highest BCUT2D eigenvalue weighted by Gasteiger charge is 2.26. The van der Waals surface area contributed by atoms with Crippen molar-refractivity contribution in [1.82, 2.24) is 9.88 Å². The molecule has 1 heterocycles. The second kappa shape index (κ2) is 6.29. The molecule has 100 valence electrons. The van der Waals surface area contributed by atoms with Gasteiger partial charge < -0.3 is 10.6 Å². The molecular formula is C13H21N3OS. The molecule has 1 amide bonds. The van der Waals surface area contributed by atoms with Crippen molar-refractivity contribution in [3.05, 3.63) is 16.1 Å². The van der Waals surface area contributed by atoms with E-state index in [1.165, 1.54) is 30.6 Å². The van der Waals surface area contributed by atoms with E-state index in [4.69, 9.17) is 5.73 Å². The van der Waals surface area contributed by atoms with Crippen molar-refractivity contribution in [2.45, 2.75) is 51.6 Å². The molecule has 2 N–H and O–H groups in total. The lowest BCUT2D eigenvalue weighted by atomic mass is 9.94. The molecular weight excluding hydrogens is 246 g/mol. The van der Waals surface area contributed by atoms with Gasteiger partial charge in [0.25, 0.3) is 5.91 Å². The Morgan fingerprint density at radius 2 is 2.22 bits per heavy atom. The zero-order chi connectivity index (χ0) is 13.0. The van der Waals surface area contributed by atoms with E-state index >= 15 is 0 Å². The van der Waals surface area contributed by atoms with E-state index in [2.05, 4.69) is 4.98 Å². The summed E-state index contributed by atoms with van der Waals surface area (Å²) in [6.45, 7) is 3.22. The monoisotopic (exact) mass is 267 g/mol. The zero-order valence-electron chi connectivity index (χ0n) is 10.9. The summed E-state index contributed by atoms with van der Waals surface area (Å²) in [5.41, 5.74) is 6.10. The smallest absolute Gasteiger partial charge is 0.273 e. The van der Waals surface area contributed by atoms with Crippen LogP contribution >= 0.6 is 11.3 Å². The number of nitrogens with two attached hydrogens (primary N) is 1. The number of hydrogen-bond acceptors (Lipinski definition) is 4. The van der Waals surface area contributed by atoms with Crippen LogP contribution in [-0.2, 0) is 6.54 Å². The Bertz CT molecular complexity index is 399. The summed E-state index contributed by atoms with van der Waals surface area (Å²) in [6.07, 6.45) is 6.04. The number of thiazole rings is 1. The summed E-state index contributed by atoms with van der Waals surface area (Å²) in [5.74, 6) is 0.0698. The summed E-state index contributed by atoms with van der Waals surface area (Å²) in [4.78, 5) is 18.7. The first-order chi connectivity index (χ1) is 8.76. The van der Waals surface area contributed by atoms with Crippen LogP contribution in [0, 0.1) is 0 Å². The molecule has 1 fully saturated rings. The second-order valence-corrected chi connectivity index (χ2v) is 5.66. The Labute approximate surface area is 112 Å². The van der Waals surface area contributed by atoms with Gasteiger partial charge in [0.1, 0.15) is 10.7 Å². The van der Waals surface area contributed by atoms with E-state index in [9.17, 15) is 4.79 Å². The number of rotatable bonds is 4. The van der Waals surface area contributed by atoms with Crippen LogP contribution in [0.25, 0.3) is 0 Å². The van der Waals surface area contributed by atoms with Gasteiger partial charge in [0, 0.05) is 24.5 Å². The third-order valence-electron chi connectivity index (χ3n) is 3.56. The lowest BCUT2D eigenvalue weighted by molar-refractivity contribution is 0.0642. The number of carbonyl (C=O) groups excluding carboxylic acids is 1. The highest BCUT2D eigenvalue weighted by molar-refractivity contribution is 7.09. The molecule has 1 aromatic heterocycles. The van der Waals surface area contributed by atoms with Crippen molar-refractivity contribution in [2.75, 3.05) is 6.54 Å². The van der Waals surface area contributed by atoms with Crippen LogP contribution in [-0.4, -0.2) is 28.4 Å². The van der Waals surface area contributed by atoms with Crippen LogP contribution in [0.5, 0.6) is 0 Å². The van der Waals surface area contributed by atoms with Gasteiger partial charge in [0.05, 0.1) is 0 Å². The summed E-state index contributed by atoms with van der Waals surface area (Å²) in [6, 6.07) is 0.402. The average Bonchev–Trinajstić information content (AvgIpc) is 2.89. The molecule has 1 aromatic rings. The van der Waals surface area contributed by atoms with Crippen LogP contribution in [0.4, 0.5) is 0 Å². The molecule has 0 bridgehead atoms. The lowest BCUT2D eigenvalue weighted by Crippen LogP contribution is -2.41. The van der Waals surface area contributed by atoms with Crippen molar-refractivity contribution in [3.63, 3.8) is 0 Å². The standard InChI is InChI=1S/C13H21N3OS/c1-2-16(10-6-4-3-5-7-10)13(17)11-9-18-12(8-14)15-11/h9-10H,2-8,14H2,1H3. The highest BCUT2D eigenvalue weighted by Crippen LogP contribution is 2.24. The SMILES string of the molecule is CCN(C(=O)c1csc(CN)n1)C1CCCCC1. The van der Waals surface area contributed by atoms with Crippen molar-refractivity contribution < 1.29 is 4.79 Å². The maximum Gasteiger partial charge on any atom is 0.273 e. The van der Waals surface area contributed by atoms with Gasteiger partial charge in [0.2, 0.25) is 0 Å². The first kappa shape index (κ1) is 13.5. The molecule has 1 aliphatic carbocycles. The summed E-state index contributed by atoms with van der Waals surface area (Å²) < 4.78 is 0. The third-order valence-corrected chi connectivity index (χ3v) is 4.43. The van der Waals surface area contributed by atoms with Crippen molar-refractivity contribution in [2.24, 2.45) is 5.73 Å². The fourth-order valence-corrected chi connectivity index (χ4v) is 3.26. The van der Waals surface area contributed by atoms with Crippen molar-refractivity contribution in [1.29, 1.82) is 0 Å². The van der Waals surface area contributed by atoms with Crippen LogP contribution in [0.3, 0.4) is 0 Å². The number of amides is 1. The van der Waals surface area contributed by atoms with Crippen LogP contribution in [0.1, 0.15) is 54.5 Å². The molecule has 0 saturated heterocycles. The quantitative estimate of drug-likeness (QED) is 0.911. The minimum absolute atomic E-state index is 0.0698. The molecule has 0 unspecified atom stereocenters. The minimum Gasteiger partial charge on any atom is -0.335 e. The Hall–Kier alpha value is -0.940. The van der Waals surface area contributed by atoms with Crippen molar-refractivity contribution >= 4 is 17.2 Å². The van der Waals surface area contributed by atoms with Gasteiger partial charge in [-0.05, 0) is 19.8 Å². The van der Waals surface area contributed by atoms with Crippen LogP contribution < -0.4 is 5.73 Å². The van der Waals surface area contributed by atoms with Gasteiger partial charge in [-0.3, -0.25) is 4.79 Å². The van der Waals surface area contributed by atoms with Crippen LogP contribution in [0.15, 0.2) is 5.38 Å². The van der Waals surface area contributed by atoms with Gasteiger partial charge in [-0.15, -0.1) is 11.3 Å². The molecule has 0 radical (unpaired) electrons. The van der Waals surface area contributed by atoms with E-state index in [0.717, 1.165) is 24.4 Å². The predicted octanol–water partition coefficient (Wildman–Crippen LogP) is 2.40. The lowest BCUT2D eigenvalue weighted by Gasteiger charge is -2.33. The van der Waals surface area contributed by atoms with E-state index < -0.39 is 0 Å². The first-order valence-corrected chi connectivity index (χ1v) is 7.59. The molecule has 4 nitrogen and oxygen atoms in total. The molecule has 2 rings (SSSR count). The molecule has 1 aliphatic rings. The maximum atomic E-state index is 12.4. The zero-order valence-corrected chi connectivity index (χ0v) is 11.7. The fraction of sp³-hybridized carbons (Fsp3) is 0.692. The van der Waals surface area contributed by atoms with E-state index in [-0.39, 0.29) is 5.91 Å². The normalized spacial score (nSPS) is 16.8. The van der Waals surface area contributed by atoms with Crippen molar-refractivity contribution in [3.8, 4) is 0 Å². The number of aromatic nitrogens is 1. The van der Waals surface area contributed by atoms with Gasteiger partial charge in [0.15, 0.2) is 0 Å². The highest BCUT2D eigenvalue weighted by atomic mass is 32.1. The summed E-state index contributed by atoms with van der Waals surface area (Å²) >= 11 is 1.47. The summed E-state index contributed by atoms with van der Waals surface area (Å²) in [5, 5.41) is 2.66. The van der Waals surface area contributed by atoms with Gasteiger partial charge >= 0.3 is 0 Å². The molecule has 5 heteroatoms. The fourth-order valence-electron chi connectivity index (χ4n) is 2.61. The Balaban J connectivity index is 2.08. The van der Waals surface area contributed by atoms with E-state index in [0.29, 0.717) is 18.3 Å². The summed E-state index contributed by atoms with van der Waals surface area (Å²) in [7, 11) is 0. The third kappa shape index (κ3) is 2.90. The largest absolute Gasteiger partial charge is 0.335 e. The van der Waals surface area contributed by atoms with E-state index in [1.54, 1.807) is 0 Å². The predicted molar refractivity (Wildman–Crippen MR) is 73.6 cm³/mol. The Kier molecular flexibility index (Phi) is 4.72. The van der Waals surface area contributed by atoms with Gasteiger partial charge in [-0.1, -0.05) is 19.3 Å². The number of nitrogens with zero attached hydrogens (tertiary/aromatic N) is 2. The molecule has 0 atom stereocenters.